The van der Waals surface area contributed by atoms with E-state index in [2.05, 4.69) is 10.3 Å². The third kappa shape index (κ3) is 4.42. The van der Waals surface area contributed by atoms with E-state index >= 15 is 0 Å². The number of pyridine rings is 1. The van der Waals surface area contributed by atoms with Crippen LogP contribution in [0.15, 0.2) is 18.3 Å². The summed E-state index contributed by atoms with van der Waals surface area (Å²) in [5.41, 5.74) is 1.00. The zero-order valence-corrected chi connectivity index (χ0v) is 9.08. The van der Waals surface area contributed by atoms with E-state index < -0.39 is 9.84 Å². The van der Waals surface area contributed by atoms with Gasteiger partial charge in [0, 0.05) is 24.7 Å². The Bertz CT molecular complexity index is 476. The number of rotatable bonds is 4. The predicted molar refractivity (Wildman–Crippen MR) is 57.2 cm³/mol. The van der Waals surface area contributed by atoms with Gasteiger partial charge in [-0.3, -0.25) is 0 Å². The van der Waals surface area contributed by atoms with Crippen molar-refractivity contribution < 1.29 is 8.42 Å². The van der Waals surface area contributed by atoms with Gasteiger partial charge in [0.15, 0.2) is 0 Å². The topological polar surface area (TPSA) is 82.8 Å². The summed E-state index contributed by atoms with van der Waals surface area (Å²) in [6, 6.07) is 5.16. The lowest BCUT2D eigenvalue weighted by Gasteiger charge is -2.04. The molecule has 1 N–H and O–H groups in total. The molecule has 0 radical (unpaired) electrons. The van der Waals surface area contributed by atoms with Gasteiger partial charge in [0.1, 0.15) is 21.6 Å². The molecular weight excluding hydrogens is 214 g/mol. The van der Waals surface area contributed by atoms with Crippen LogP contribution in [0, 0.1) is 11.3 Å². The van der Waals surface area contributed by atoms with Gasteiger partial charge in [0.2, 0.25) is 0 Å². The molecule has 15 heavy (non-hydrogen) atoms. The maximum absolute atomic E-state index is 10.8. The second kappa shape index (κ2) is 4.75. The molecule has 5 nitrogen and oxygen atoms in total. The van der Waals surface area contributed by atoms with Crippen molar-refractivity contribution in [1.82, 2.24) is 4.98 Å². The molecule has 0 aliphatic rings. The second-order valence-corrected chi connectivity index (χ2v) is 5.36. The molecule has 6 heteroatoms. The molecule has 0 aliphatic carbocycles. The normalized spacial score (nSPS) is 10.7. The van der Waals surface area contributed by atoms with Crippen molar-refractivity contribution in [3.8, 4) is 6.07 Å². The third-order valence-electron chi connectivity index (χ3n) is 1.68. The van der Waals surface area contributed by atoms with E-state index in [1.165, 1.54) is 12.5 Å². The van der Waals surface area contributed by atoms with Crippen LogP contribution in [0.3, 0.4) is 0 Å². The van der Waals surface area contributed by atoms with Gasteiger partial charge >= 0.3 is 0 Å². The average Bonchev–Trinajstić information content (AvgIpc) is 2.16. The Balaban J connectivity index is 2.55. The summed E-state index contributed by atoms with van der Waals surface area (Å²) in [6.07, 6.45) is 2.68. The Hall–Kier alpha value is -1.61. The smallest absolute Gasteiger partial charge is 0.149 e. The van der Waals surface area contributed by atoms with E-state index in [9.17, 15) is 8.42 Å². The first-order valence-corrected chi connectivity index (χ1v) is 6.35. The van der Waals surface area contributed by atoms with E-state index in [1.54, 1.807) is 12.1 Å². The van der Waals surface area contributed by atoms with Crippen LogP contribution >= 0.6 is 0 Å². The first kappa shape index (κ1) is 11.5. The summed E-state index contributed by atoms with van der Waals surface area (Å²) in [7, 11) is -2.95. The molecule has 0 saturated carbocycles. The number of anilines is 1. The highest BCUT2D eigenvalue weighted by Gasteiger charge is 2.01. The van der Waals surface area contributed by atoms with Gasteiger partial charge in [-0.05, 0) is 12.1 Å². The maximum Gasteiger partial charge on any atom is 0.149 e. The van der Waals surface area contributed by atoms with Crippen molar-refractivity contribution in [3.05, 3.63) is 24.0 Å². The summed E-state index contributed by atoms with van der Waals surface area (Å²) in [5, 5.41) is 11.5. The summed E-state index contributed by atoms with van der Waals surface area (Å²) >= 11 is 0. The van der Waals surface area contributed by atoms with Crippen molar-refractivity contribution in [1.29, 1.82) is 5.26 Å². The lowest BCUT2D eigenvalue weighted by atomic mass is 10.3. The number of hydrogen-bond donors (Lipinski definition) is 1. The van der Waals surface area contributed by atoms with Crippen molar-refractivity contribution >= 4 is 15.5 Å². The van der Waals surface area contributed by atoms with Crippen LogP contribution in [-0.4, -0.2) is 32.0 Å². The van der Waals surface area contributed by atoms with Gasteiger partial charge in [0.05, 0.1) is 5.75 Å². The molecule has 1 aromatic heterocycles. The van der Waals surface area contributed by atoms with Crippen LogP contribution in [0.25, 0.3) is 0 Å². The zero-order valence-electron chi connectivity index (χ0n) is 8.27. The summed E-state index contributed by atoms with van der Waals surface area (Å²) in [4.78, 5) is 3.80. The van der Waals surface area contributed by atoms with Gasteiger partial charge in [-0.15, -0.1) is 0 Å². The van der Waals surface area contributed by atoms with Crippen molar-refractivity contribution in [2.45, 2.75) is 0 Å². The Labute approximate surface area is 88.7 Å². The van der Waals surface area contributed by atoms with Crippen LogP contribution in [0.4, 0.5) is 5.69 Å². The Morgan fingerprint density at radius 1 is 1.60 bits per heavy atom. The maximum atomic E-state index is 10.8. The van der Waals surface area contributed by atoms with Crippen molar-refractivity contribution in [3.63, 3.8) is 0 Å². The molecule has 1 rings (SSSR count). The van der Waals surface area contributed by atoms with E-state index in [0.717, 1.165) is 0 Å². The molecule has 0 aromatic carbocycles. The van der Waals surface area contributed by atoms with Crippen LogP contribution < -0.4 is 5.32 Å². The fourth-order valence-corrected chi connectivity index (χ4v) is 1.46. The Morgan fingerprint density at radius 2 is 2.33 bits per heavy atom. The summed E-state index contributed by atoms with van der Waals surface area (Å²) < 4.78 is 21.7. The largest absolute Gasteiger partial charge is 0.384 e. The second-order valence-electron chi connectivity index (χ2n) is 3.10. The van der Waals surface area contributed by atoms with Crippen LogP contribution in [0.1, 0.15) is 5.69 Å². The van der Waals surface area contributed by atoms with Crippen LogP contribution in [0.5, 0.6) is 0 Å². The molecule has 0 amide bonds. The van der Waals surface area contributed by atoms with Crippen molar-refractivity contribution in [2.75, 3.05) is 23.9 Å². The number of sulfone groups is 1. The van der Waals surface area contributed by atoms with Gasteiger partial charge in [0.25, 0.3) is 0 Å². The lowest BCUT2D eigenvalue weighted by molar-refractivity contribution is 0.602. The summed E-state index contributed by atoms with van der Waals surface area (Å²) in [5.74, 6) is 0.0667. The molecule has 0 bridgehead atoms. The zero-order chi connectivity index (χ0) is 11.3. The summed E-state index contributed by atoms with van der Waals surface area (Å²) in [6.45, 7) is 0.327. The number of hydrogen-bond acceptors (Lipinski definition) is 5. The molecule has 0 fully saturated rings. The molecule has 1 aromatic rings. The van der Waals surface area contributed by atoms with Crippen LogP contribution in [-0.2, 0) is 9.84 Å². The number of nitrogens with zero attached hydrogens (tertiary/aromatic N) is 2. The molecule has 80 valence electrons. The first-order chi connectivity index (χ1) is 7.01. The quantitative estimate of drug-likeness (QED) is 0.802. The minimum atomic E-state index is -2.95. The van der Waals surface area contributed by atoms with Crippen LogP contribution in [0.2, 0.25) is 0 Å². The first-order valence-electron chi connectivity index (χ1n) is 4.29. The average molecular weight is 225 g/mol. The standard InChI is InChI=1S/C9H11N3O2S/c1-15(13,14)5-4-12-8-2-3-11-9(6-8)7-10/h2-3,6H,4-5H2,1H3,(H,11,12). The molecule has 0 atom stereocenters. The third-order valence-corrected chi connectivity index (χ3v) is 2.62. The van der Waals surface area contributed by atoms with E-state index in [4.69, 9.17) is 5.26 Å². The van der Waals surface area contributed by atoms with Gasteiger partial charge in [-0.25, -0.2) is 13.4 Å². The van der Waals surface area contributed by atoms with E-state index in [0.29, 0.717) is 17.9 Å². The molecule has 0 unspecified atom stereocenters. The molecule has 0 saturated heterocycles. The minimum absolute atomic E-state index is 0.0667. The Kier molecular flexibility index (Phi) is 3.63. The number of nitrogens with one attached hydrogen (secondary N) is 1. The van der Waals surface area contributed by atoms with Gasteiger partial charge in [-0.1, -0.05) is 0 Å². The highest BCUT2D eigenvalue weighted by Crippen LogP contribution is 2.06. The fourth-order valence-electron chi connectivity index (χ4n) is 0.982. The van der Waals surface area contributed by atoms with Gasteiger partial charge < -0.3 is 5.32 Å². The highest BCUT2D eigenvalue weighted by atomic mass is 32.2. The molecular formula is C9H11N3O2S. The Morgan fingerprint density at radius 3 is 2.93 bits per heavy atom. The number of aromatic nitrogens is 1. The monoisotopic (exact) mass is 225 g/mol. The highest BCUT2D eigenvalue weighted by molar-refractivity contribution is 7.90. The minimum Gasteiger partial charge on any atom is -0.384 e. The lowest BCUT2D eigenvalue weighted by Crippen LogP contribution is -2.14. The van der Waals surface area contributed by atoms with E-state index in [-0.39, 0.29) is 5.75 Å². The SMILES string of the molecule is CS(=O)(=O)CCNc1ccnc(C#N)c1. The fraction of sp³-hybridized carbons (Fsp3) is 0.333. The predicted octanol–water partition coefficient (Wildman–Crippen LogP) is 0.410. The molecule has 1 heterocycles. The van der Waals surface area contributed by atoms with E-state index in [1.807, 2.05) is 6.07 Å². The van der Waals surface area contributed by atoms with Crippen molar-refractivity contribution in [2.24, 2.45) is 0 Å². The number of nitriles is 1. The molecule has 0 aliphatic heterocycles. The van der Waals surface area contributed by atoms with Gasteiger partial charge in [-0.2, -0.15) is 5.26 Å². The molecule has 0 spiro atoms.